The molecule has 2 aromatic rings. The van der Waals surface area contributed by atoms with Crippen LogP contribution in [0.4, 0.5) is 0 Å². The van der Waals surface area contributed by atoms with Crippen molar-refractivity contribution < 1.29 is 13.2 Å². The molecule has 27 heavy (non-hydrogen) atoms. The largest absolute Gasteiger partial charge is 0.352 e. The molecule has 1 aromatic carbocycles. The van der Waals surface area contributed by atoms with Crippen LogP contribution in [0.25, 0.3) is 0 Å². The van der Waals surface area contributed by atoms with Crippen LogP contribution in [0.5, 0.6) is 0 Å². The molecule has 0 unspecified atom stereocenters. The van der Waals surface area contributed by atoms with Crippen LogP contribution < -0.4 is 0 Å². The summed E-state index contributed by atoms with van der Waals surface area (Å²) < 4.78 is 30.2. The Hall–Kier alpha value is -2.68. The van der Waals surface area contributed by atoms with Crippen LogP contribution in [0.3, 0.4) is 0 Å². The Labute approximate surface area is 158 Å². The van der Waals surface area contributed by atoms with Gasteiger partial charge in [0, 0.05) is 57.1 Å². The summed E-state index contributed by atoms with van der Waals surface area (Å²) in [6, 6.07) is 8.75. The lowest BCUT2D eigenvalue weighted by Crippen LogP contribution is -2.50. The lowest BCUT2D eigenvalue weighted by molar-refractivity contribution is -0.132. The molecule has 9 heteroatoms. The van der Waals surface area contributed by atoms with E-state index < -0.39 is 10.0 Å². The van der Waals surface area contributed by atoms with Crippen LogP contribution in [0.1, 0.15) is 18.4 Å². The van der Waals surface area contributed by atoms with Crippen molar-refractivity contribution in [2.75, 3.05) is 26.2 Å². The van der Waals surface area contributed by atoms with Gasteiger partial charge in [0.2, 0.25) is 5.91 Å². The SMILES string of the molecule is O=C(CCCn1cccn1)N1CCN(C2=NS(=O)(=O)c3ccccc32)CC1. The van der Waals surface area contributed by atoms with E-state index in [1.807, 2.05) is 32.8 Å². The number of nitrogens with zero attached hydrogens (tertiary/aromatic N) is 5. The second-order valence-corrected chi connectivity index (χ2v) is 8.20. The number of carbonyl (C=O) groups is 1. The molecule has 1 aromatic heterocycles. The first-order valence-electron chi connectivity index (χ1n) is 8.99. The van der Waals surface area contributed by atoms with Gasteiger partial charge in [0.1, 0.15) is 4.90 Å². The first-order chi connectivity index (χ1) is 13.0. The number of aryl methyl sites for hydroxylation is 1. The summed E-state index contributed by atoms with van der Waals surface area (Å²) in [4.78, 5) is 16.5. The molecule has 2 aliphatic heterocycles. The second-order valence-electron chi connectivity index (χ2n) is 6.63. The smallest absolute Gasteiger partial charge is 0.285 e. The average molecular weight is 387 g/mol. The van der Waals surface area contributed by atoms with Gasteiger partial charge < -0.3 is 9.80 Å². The molecule has 0 aliphatic carbocycles. The number of amides is 1. The summed E-state index contributed by atoms with van der Waals surface area (Å²) in [7, 11) is -3.61. The van der Waals surface area contributed by atoms with Gasteiger partial charge in [-0.15, -0.1) is 4.40 Å². The Bertz CT molecular complexity index is 961. The van der Waals surface area contributed by atoms with Crippen molar-refractivity contribution in [2.45, 2.75) is 24.3 Å². The van der Waals surface area contributed by atoms with E-state index in [9.17, 15) is 13.2 Å². The van der Waals surface area contributed by atoms with Gasteiger partial charge in [0.05, 0.1) is 0 Å². The van der Waals surface area contributed by atoms with Crippen LogP contribution in [-0.2, 0) is 21.4 Å². The summed E-state index contributed by atoms with van der Waals surface area (Å²) in [5, 5.41) is 4.13. The van der Waals surface area contributed by atoms with Crippen molar-refractivity contribution in [3.05, 3.63) is 48.3 Å². The fourth-order valence-electron chi connectivity index (χ4n) is 3.47. The van der Waals surface area contributed by atoms with Crippen molar-refractivity contribution in [1.82, 2.24) is 19.6 Å². The number of carbonyl (C=O) groups excluding carboxylic acids is 1. The molecule has 0 atom stereocenters. The minimum atomic E-state index is -3.61. The van der Waals surface area contributed by atoms with Gasteiger partial charge in [-0.3, -0.25) is 9.48 Å². The third-order valence-electron chi connectivity index (χ3n) is 4.88. The highest BCUT2D eigenvalue weighted by Crippen LogP contribution is 2.27. The highest BCUT2D eigenvalue weighted by molar-refractivity contribution is 7.90. The Balaban J connectivity index is 1.33. The summed E-state index contributed by atoms with van der Waals surface area (Å²) in [6.07, 6.45) is 4.85. The molecule has 0 bridgehead atoms. The van der Waals surface area contributed by atoms with Crippen LogP contribution in [0.2, 0.25) is 0 Å². The van der Waals surface area contributed by atoms with E-state index in [4.69, 9.17) is 0 Å². The fourth-order valence-corrected chi connectivity index (χ4v) is 4.69. The van der Waals surface area contributed by atoms with E-state index in [0.29, 0.717) is 44.0 Å². The maximum atomic E-state index is 12.4. The molecule has 1 fully saturated rings. The van der Waals surface area contributed by atoms with E-state index in [-0.39, 0.29) is 10.8 Å². The quantitative estimate of drug-likeness (QED) is 0.780. The summed E-state index contributed by atoms with van der Waals surface area (Å²) >= 11 is 0. The summed E-state index contributed by atoms with van der Waals surface area (Å²) in [5.74, 6) is 0.625. The maximum absolute atomic E-state index is 12.4. The molecule has 0 saturated carbocycles. The van der Waals surface area contributed by atoms with Gasteiger partial charge >= 0.3 is 0 Å². The van der Waals surface area contributed by atoms with Crippen molar-refractivity contribution in [3.63, 3.8) is 0 Å². The molecule has 0 spiro atoms. The molecule has 1 saturated heterocycles. The molecule has 4 rings (SSSR count). The molecule has 3 heterocycles. The summed E-state index contributed by atoms with van der Waals surface area (Å²) in [6.45, 7) is 3.02. The predicted octanol–water partition coefficient (Wildman–Crippen LogP) is 0.957. The zero-order valence-corrected chi connectivity index (χ0v) is 15.7. The lowest BCUT2D eigenvalue weighted by Gasteiger charge is -2.35. The normalized spacial score (nSPS) is 18.3. The number of sulfonamides is 1. The first kappa shape index (κ1) is 17.7. The third-order valence-corrected chi connectivity index (χ3v) is 6.21. The first-order valence-corrected chi connectivity index (χ1v) is 10.4. The highest BCUT2D eigenvalue weighted by Gasteiger charge is 2.33. The Morgan fingerprint density at radius 3 is 2.59 bits per heavy atom. The molecule has 2 aliphatic rings. The highest BCUT2D eigenvalue weighted by atomic mass is 32.2. The van der Waals surface area contributed by atoms with Crippen LogP contribution in [0.15, 0.2) is 52.0 Å². The maximum Gasteiger partial charge on any atom is 0.285 e. The zero-order chi connectivity index (χ0) is 18.9. The van der Waals surface area contributed by atoms with Crippen molar-refractivity contribution in [1.29, 1.82) is 0 Å². The van der Waals surface area contributed by atoms with Gasteiger partial charge in [-0.05, 0) is 24.6 Å². The topological polar surface area (TPSA) is 87.9 Å². The molecular formula is C18H21N5O3S. The van der Waals surface area contributed by atoms with Crippen LogP contribution in [-0.4, -0.2) is 65.9 Å². The monoisotopic (exact) mass is 387 g/mol. The minimum absolute atomic E-state index is 0.128. The molecule has 1 amide bonds. The van der Waals surface area contributed by atoms with Crippen LogP contribution in [0, 0.1) is 0 Å². The van der Waals surface area contributed by atoms with E-state index in [0.717, 1.165) is 13.0 Å². The van der Waals surface area contributed by atoms with Gasteiger partial charge in [-0.25, -0.2) is 0 Å². The van der Waals surface area contributed by atoms with E-state index in [2.05, 4.69) is 9.50 Å². The molecule has 0 N–H and O–H groups in total. The van der Waals surface area contributed by atoms with Crippen molar-refractivity contribution in [3.8, 4) is 0 Å². The summed E-state index contributed by atoms with van der Waals surface area (Å²) in [5.41, 5.74) is 0.650. The number of rotatable bonds is 4. The number of piperazine rings is 1. The van der Waals surface area contributed by atoms with Crippen molar-refractivity contribution >= 4 is 21.8 Å². The lowest BCUT2D eigenvalue weighted by atomic mass is 10.1. The van der Waals surface area contributed by atoms with Gasteiger partial charge in [-0.1, -0.05) is 12.1 Å². The number of benzene rings is 1. The number of fused-ring (bicyclic) bond motifs is 1. The number of hydrogen-bond acceptors (Lipinski definition) is 5. The minimum Gasteiger partial charge on any atom is -0.352 e. The van der Waals surface area contributed by atoms with E-state index in [1.54, 1.807) is 24.4 Å². The molecular weight excluding hydrogens is 366 g/mol. The molecule has 8 nitrogen and oxygen atoms in total. The second kappa shape index (κ2) is 7.15. The Morgan fingerprint density at radius 2 is 1.85 bits per heavy atom. The number of amidine groups is 1. The Morgan fingerprint density at radius 1 is 1.07 bits per heavy atom. The number of hydrogen-bond donors (Lipinski definition) is 0. The average Bonchev–Trinajstić information content (AvgIpc) is 3.28. The Kier molecular flexibility index (Phi) is 4.69. The molecule has 142 valence electrons. The zero-order valence-electron chi connectivity index (χ0n) is 14.9. The predicted molar refractivity (Wildman–Crippen MR) is 99.8 cm³/mol. The fraction of sp³-hybridized carbons (Fsp3) is 0.389. The van der Waals surface area contributed by atoms with Gasteiger partial charge in [-0.2, -0.15) is 13.5 Å². The van der Waals surface area contributed by atoms with E-state index in [1.165, 1.54) is 0 Å². The van der Waals surface area contributed by atoms with Crippen molar-refractivity contribution in [2.24, 2.45) is 4.40 Å². The van der Waals surface area contributed by atoms with Gasteiger partial charge in [0.15, 0.2) is 5.84 Å². The van der Waals surface area contributed by atoms with Gasteiger partial charge in [0.25, 0.3) is 10.0 Å². The van der Waals surface area contributed by atoms with Crippen LogP contribution >= 0.6 is 0 Å². The third kappa shape index (κ3) is 3.59. The molecule has 0 radical (unpaired) electrons. The van der Waals surface area contributed by atoms with E-state index >= 15 is 0 Å². The standard InChI is InChI=1S/C18H21N5O3S/c24-17(7-3-9-23-10-4-8-19-23)21-11-13-22(14-12-21)18-15-5-1-2-6-16(15)27(25,26)20-18/h1-2,4-6,8,10H,3,7,9,11-14H2. The number of aromatic nitrogens is 2.